The molecule has 0 amide bonds. The zero-order chi connectivity index (χ0) is 25.8. The van der Waals surface area contributed by atoms with Gasteiger partial charge in [0.1, 0.15) is 24.0 Å². The molecule has 0 N–H and O–H groups in total. The quantitative estimate of drug-likeness (QED) is 0.201. The average molecular weight is 452 g/mol. The smallest absolute Gasteiger partial charge is 0.219 e. The highest BCUT2D eigenvalue weighted by molar-refractivity contribution is 6.12. The van der Waals surface area contributed by atoms with E-state index in [0.29, 0.717) is 22.5 Å². The van der Waals surface area contributed by atoms with Gasteiger partial charge in [0.15, 0.2) is 11.9 Å². The van der Waals surface area contributed by atoms with Gasteiger partial charge in [-0.3, -0.25) is 0 Å². The van der Waals surface area contributed by atoms with Crippen molar-refractivity contribution in [3.8, 4) is 22.4 Å². The minimum Gasteiger partial charge on any atom is -0.456 e. The van der Waals surface area contributed by atoms with Crippen LogP contribution >= 0.6 is 0 Å². The summed E-state index contributed by atoms with van der Waals surface area (Å²) in [5.74, 6) is -0.968. The molecule has 168 valence electrons. The molecule has 0 atom stereocenters. The second-order valence-electron chi connectivity index (χ2n) is 8.91. The lowest BCUT2D eigenvalue weighted by molar-refractivity contribution is -0.661. The van der Waals surface area contributed by atoms with Crippen LogP contribution in [0, 0.1) is 25.2 Å². The Hall–Kier alpha value is -3.97. The zero-order valence-corrected chi connectivity index (χ0v) is 19.6. The van der Waals surface area contributed by atoms with Gasteiger partial charge >= 0.3 is 0 Å². The second kappa shape index (κ2) is 8.43. The molecule has 0 fully saturated rings. The molecule has 34 heavy (non-hydrogen) atoms. The van der Waals surface area contributed by atoms with Crippen molar-refractivity contribution in [2.45, 2.75) is 27.1 Å². The first-order chi connectivity index (χ1) is 17.1. The summed E-state index contributed by atoms with van der Waals surface area (Å²) < 4.78 is 40.2. The van der Waals surface area contributed by atoms with Crippen molar-refractivity contribution in [2.75, 3.05) is 0 Å². The molecular weight excluding hydrogens is 423 g/mol. The maximum absolute atomic E-state index is 15.3. The van der Waals surface area contributed by atoms with Crippen LogP contribution in [0.25, 0.3) is 49.2 Å². The number of rotatable bonds is 4. The van der Waals surface area contributed by atoms with Crippen molar-refractivity contribution >= 4 is 27.6 Å². The Morgan fingerprint density at radius 3 is 2.56 bits per heavy atom. The van der Waals surface area contributed by atoms with E-state index in [-0.39, 0.29) is 11.5 Å². The Kier molecular flexibility index (Phi) is 4.83. The van der Waals surface area contributed by atoms with Crippen LogP contribution in [0.5, 0.6) is 0 Å². The number of hydrogen-bond acceptors (Lipinski definition) is 1. The Morgan fingerprint density at radius 1 is 1.09 bits per heavy atom. The van der Waals surface area contributed by atoms with E-state index in [0.717, 1.165) is 33.0 Å². The van der Waals surface area contributed by atoms with Crippen LogP contribution in [-0.2, 0) is 13.4 Å². The first-order valence-corrected chi connectivity index (χ1v) is 11.3. The van der Waals surface area contributed by atoms with Gasteiger partial charge in [-0.15, -0.1) is 0 Å². The van der Waals surface area contributed by atoms with Gasteiger partial charge in [0.25, 0.3) is 0 Å². The van der Waals surface area contributed by atoms with E-state index in [1.165, 1.54) is 12.3 Å². The summed E-state index contributed by atoms with van der Waals surface area (Å²) in [6, 6.07) is 18.9. The van der Waals surface area contributed by atoms with Gasteiger partial charge in [-0.05, 0) is 42.0 Å². The van der Waals surface area contributed by atoms with Gasteiger partial charge in [-0.2, -0.15) is 0 Å². The number of fused-ring (bicyclic) bond motifs is 3. The molecule has 0 saturated carbocycles. The number of hydrogen-bond donors (Lipinski definition) is 0. The van der Waals surface area contributed by atoms with Crippen LogP contribution in [0.4, 0.5) is 10.1 Å². The van der Waals surface area contributed by atoms with E-state index in [9.17, 15) is 0 Å². The van der Waals surface area contributed by atoms with E-state index in [2.05, 4.69) is 4.85 Å². The number of nitrogens with zero attached hydrogens (tertiary/aromatic N) is 2. The summed E-state index contributed by atoms with van der Waals surface area (Å²) in [5.41, 5.74) is 5.77. The molecule has 0 saturated heterocycles. The molecule has 0 aliphatic carbocycles. The molecular formula is C30H26FN2O+. The predicted molar refractivity (Wildman–Crippen MR) is 135 cm³/mol. The van der Waals surface area contributed by atoms with E-state index >= 15 is 4.39 Å². The van der Waals surface area contributed by atoms with Gasteiger partial charge < -0.3 is 4.42 Å². The average Bonchev–Trinajstić information content (AvgIpc) is 3.22. The molecule has 0 spiro atoms. The fraction of sp³-hybridized carbons (Fsp3) is 0.200. The van der Waals surface area contributed by atoms with E-state index in [1.54, 1.807) is 31.5 Å². The second-order valence-corrected chi connectivity index (χ2v) is 8.91. The van der Waals surface area contributed by atoms with Gasteiger partial charge in [0.05, 0.1) is 17.7 Å². The maximum Gasteiger partial charge on any atom is 0.219 e. The van der Waals surface area contributed by atoms with E-state index < -0.39 is 12.2 Å². The number of pyridine rings is 1. The zero-order valence-electron chi connectivity index (χ0n) is 21.6. The first kappa shape index (κ1) is 19.5. The summed E-state index contributed by atoms with van der Waals surface area (Å²) >= 11 is 0. The SMILES string of the molecule is [2H]C([2H])(c1c[n+](C)c(-c2c(C)ccc3c2oc2cc([N+]#[C-])c(-c4ccccc4)cc23)cc1F)C(C)C. The number of benzene rings is 3. The van der Waals surface area contributed by atoms with Crippen LogP contribution in [-0.4, -0.2) is 0 Å². The maximum atomic E-state index is 15.3. The minimum absolute atomic E-state index is 0.0346. The summed E-state index contributed by atoms with van der Waals surface area (Å²) in [4.78, 5) is 3.74. The largest absolute Gasteiger partial charge is 0.456 e. The number of halogens is 1. The lowest BCUT2D eigenvalue weighted by Crippen LogP contribution is -2.32. The first-order valence-electron chi connectivity index (χ1n) is 12.3. The predicted octanol–water partition coefficient (Wildman–Crippen LogP) is 7.94. The highest BCUT2D eigenvalue weighted by Gasteiger charge is 2.24. The number of aryl methyl sites for hydroxylation is 2. The molecule has 4 heteroatoms. The number of furan rings is 1. The number of aromatic nitrogens is 1. The third-order valence-electron chi connectivity index (χ3n) is 6.10. The molecule has 0 unspecified atom stereocenters. The highest BCUT2D eigenvalue weighted by Crippen LogP contribution is 2.42. The third-order valence-corrected chi connectivity index (χ3v) is 6.10. The van der Waals surface area contributed by atoms with Crippen molar-refractivity contribution in [1.82, 2.24) is 0 Å². The van der Waals surface area contributed by atoms with Crippen LogP contribution in [0.2, 0.25) is 0 Å². The molecule has 0 aliphatic heterocycles. The van der Waals surface area contributed by atoms with Gasteiger partial charge in [0.2, 0.25) is 5.69 Å². The molecule has 5 rings (SSSR count). The normalized spacial score (nSPS) is 12.7. The molecule has 3 nitrogen and oxygen atoms in total. The standard InChI is InChI=1S/C30H26FN2O/c1-18(2)13-21-17-33(5)27(15-25(21)31)29-19(3)11-12-22-24-14-23(20-9-7-6-8-10-20)26(32-4)16-28(24)34-30(22)29/h6-12,14-18H,13H2,1-3,5H3/q+1/i13D2. The van der Waals surface area contributed by atoms with E-state index in [4.69, 9.17) is 13.7 Å². The van der Waals surface area contributed by atoms with Crippen molar-refractivity contribution in [1.29, 1.82) is 0 Å². The Balaban J connectivity index is 1.78. The summed E-state index contributed by atoms with van der Waals surface area (Å²) in [6.45, 7) is 13.1. The van der Waals surface area contributed by atoms with Crippen molar-refractivity contribution in [3.05, 3.63) is 95.2 Å². The Morgan fingerprint density at radius 2 is 1.85 bits per heavy atom. The van der Waals surface area contributed by atoms with Gasteiger partial charge in [-0.25, -0.2) is 13.8 Å². The third kappa shape index (κ3) is 3.64. The lowest BCUT2D eigenvalue weighted by atomic mass is 9.97. The summed E-state index contributed by atoms with van der Waals surface area (Å²) in [7, 11) is 1.79. The van der Waals surface area contributed by atoms with Crippen molar-refractivity contribution < 1.29 is 16.1 Å². The fourth-order valence-corrected chi connectivity index (χ4v) is 4.52. The molecule has 2 heterocycles. The summed E-state index contributed by atoms with van der Waals surface area (Å²) in [6.07, 6.45) is -0.263. The highest BCUT2D eigenvalue weighted by atomic mass is 19.1. The molecule has 0 aliphatic rings. The Bertz CT molecular complexity index is 1680. The van der Waals surface area contributed by atoms with Crippen LogP contribution in [0.15, 0.2) is 71.3 Å². The van der Waals surface area contributed by atoms with Crippen LogP contribution in [0.3, 0.4) is 0 Å². The van der Waals surface area contributed by atoms with E-state index in [1.807, 2.05) is 55.5 Å². The Labute approximate surface area is 201 Å². The van der Waals surface area contributed by atoms with Gasteiger partial charge in [-0.1, -0.05) is 62.4 Å². The van der Waals surface area contributed by atoms with Gasteiger partial charge in [0, 0.05) is 19.6 Å². The molecule has 0 bridgehead atoms. The molecule has 3 aromatic carbocycles. The minimum atomic E-state index is -1.80. The topological polar surface area (TPSA) is 21.4 Å². The van der Waals surface area contributed by atoms with Crippen LogP contribution < -0.4 is 4.57 Å². The van der Waals surface area contributed by atoms with Crippen molar-refractivity contribution in [3.63, 3.8) is 0 Å². The molecule has 2 aromatic heterocycles. The van der Waals surface area contributed by atoms with Crippen LogP contribution in [0.1, 0.15) is 27.7 Å². The monoisotopic (exact) mass is 451 g/mol. The molecule has 0 radical (unpaired) electrons. The van der Waals surface area contributed by atoms with Crippen molar-refractivity contribution in [2.24, 2.45) is 13.0 Å². The summed E-state index contributed by atoms with van der Waals surface area (Å²) in [5, 5.41) is 1.76. The fourth-order valence-electron chi connectivity index (χ4n) is 4.52. The lowest BCUT2D eigenvalue weighted by Gasteiger charge is -2.09. The molecule has 5 aromatic rings.